The third-order valence-corrected chi connectivity index (χ3v) is 4.12. The summed E-state index contributed by atoms with van der Waals surface area (Å²) in [6.45, 7) is 0. The van der Waals surface area contributed by atoms with Crippen molar-refractivity contribution in [2.24, 2.45) is 0 Å². The number of benzene rings is 1. The molecule has 3 nitrogen and oxygen atoms in total. The molecule has 1 aliphatic rings. The molecule has 3 heteroatoms. The minimum atomic E-state index is 0.0801. The van der Waals surface area contributed by atoms with Gasteiger partial charge in [0.15, 0.2) is 0 Å². The second-order valence-corrected chi connectivity index (χ2v) is 5.06. The zero-order valence-electron chi connectivity index (χ0n) is 11.5. The Kier molecular flexibility index (Phi) is 4.25. The first-order valence-corrected chi connectivity index (χ1v) is 6.59. The van der Waals surface area contributed by atoms with Gasteiger partial charge >= 0.3 is 0 Å². The Morgan fingerprint density at radius 1 is 1.33 bits per heavy atom. The van der Waals surface area contributed by atoms with Gasteiger partial charge in [-0.15, -0.1) is 0 Å². The highest BCUT2D eigenvalue weighted by molar-refractivity contribution is 5.30. The van der Waals surface area contributed by atoms with E-state index in [0.29, 0.717) is 6.04 Å². The van der Waals surface area contributed by atoms with Crippen LogP contribution in [0.2, 0.25) is 0 Å². The van der Waals surface area contributed by atoms with Crippen LogP contribution in [0.15, 0.2) is 24.3 Å². The van der Waals surface area contributed by atoms with Crippen molar-refractivity contribution in [1.29, 1.82) is 0 Å². The van der Waals surface area contributed by atoms with Gasteiger partial charge in [-0.25, -0.2) is 0 Å². The molecule has 1 N–H and O–H groups in total. The molecule has 1 saturated carbocycles. The van der Waals surface area contributed by atoms with Crippen LogP contribution in [0.3, 0.4) is 0 Å². The van der Waals surface area contributed by atoms with Crippen molar-refractivity contribution in [2.45, 2.75) is 37.3 Å². The maximum absolute atomic E-state index is 5.71. The lowest BCUT2D eigenvalue weighted by atomic mass is 9.74. The van der Waals surface area contributed by atoms with Crippen LogP contribution in [0.5, 0.6) is 5.75 Å². The number of hydrogen-bond donors (Lipinski definition) is 1. The van der Waals surface area contributed by atoms with E-state index in [9.17, 15) is 0 Å². The van der Waals surface area contributed by atoms with Crippen LogP contribution < -0.4 is 10.1 Å². The van der Waals surface area contributed by atoms with Gasteiger partial charge in [-0.1, -0.05) is 12.1 Å². The monoisotopic (exact) mass is 249 g/mol. The summed E-state index contributed by atoms with van der Waals surface area (Å²) in [4.78, 5) is 0. The Balaban J connectivity index is 2.12. The third-order valence-electron chi connectivity index (χ3n) is 4.12. The van der Waals surface area contributed by atoms with E-state index >= 15 is 0 Å². The summed E-state index contributed by atoms with van der Waals surface area (Å²) in [6, 6.07) is 8.58. The van der Waals surface area contributed by atoms with Gasteiger partial charge in [0.1, 0.15) is 5.75 Å². The summed E-state index contributed by atoms with van der Waals surface area (Å²) in [5.41, 5.74) is 1.34. The molecule has 1 aliphatic carbocycles. The topological polar surface area (TPSA) is 30.5 Å². The maximum atomic E-state index is 5.71. The molecule has 0 saturated heterocycles. The van der Waals surface area contributed by atoms with E-state index < -0.39 is 0 Å². The van der Waals surface area contributed by atoms with Crippen LogP contribution >= 0.6 is 0 Å². The molecular weight excluding hydrogens is 226 g/mol. The molecule has 18 heavy (non-hydrogen) atoms. The molecule has 1 aromatic rings. The fourth-order valence-electron chi connectivity index (χ4n) is 2.68. The van der Waals surface area contributed by atoms with Crippen molar-refractivity contribution in [3.8, 4) is 5.75 Å². The first-order chi connectivity index (χ1) is 8.73. The van der Waals surface area contributed by atoms with Gasteiger partial charge in [0.2, 0.25) is 0 Å². The first-order valence-electron chi connectivity index (χ1n) is 6.59. The third kappa shape index (κ3) is 2.68. The van der Waals surface area contributed by atoms with Gasteiger partial charge < -0.3 is 14.8 Å². The highest BCUT2D eigenvalue weighted by Crippen LogP contribution is 2.42. The van der Waals surface area contributed by atoms with Crippen LogP contribution in [-0.4, -0.2) is 26.9 Å². The SMILES string of the molecule is CNC(CC1(OC)CCC1)c1cccc(OC)c1. The molecule has 1 unspecified atom stereocenters. The van der Waals surface area contributed by atoms with E-state index in [1.54, 1.807) is 7.11 Å². The highest BCUT2D eigenvalue weighted by atomic mass is 16.5. The number of nitrogens with one attached hydrogen (secondary N) is 1. The second kappa shape index (κ2) is 5.72. The Hall–Kier alpha value is -1.06. The van der Waals surface area contributed by atoms with Gasteiger partial charge in [-0.3, -0.25) is 0 Å². The Morgan fingerprint density at radius 3 is 2.61 bits per heavy atom. The van der Waals surface area contributed by atoms with Crippen LogP contribution in [0.25, 0.3) is 0 Å². The molecule has 0 bridgehead atoms. The average molecular weight is 249 g/mol. The van der Waals surface area contributed by atoms with Gasteiger partial charge in [0.25, 0.3) is 0 Å². The van der Waals surface area contributed by atoms with Crippen molar-refractivity contribution in [3.63, 3.8) is 0 Å². The molecule has 1 aromatic carbocycles. The summed E-state index contributed by atoms with van der Waals surface area (Å²) in [5, 5.41) is 3.39. The molecule has 100 valence electrons. The summed E-state index contributed by atoms with van der Waals surface area (Å²) < 4.78 is 11.0. The number of methoxy groups -OCH3 is 2. The Bertz CT molecular complexity index is 382. The van der Waals surface area contributed by atoms with Gasteiger partial charge in [0, 0.05) is 13.2 Å². The minimum Gasteiger partial charge on any atom is -0.497 e. The Labute approximate surface area is 109 Å². The molecule has 0 aromatic heterocycles. The quantitative estimate of drug-likeness (QED) is 0.841. The first kappa shape index (κ1) is 13.4. The summed E-state index contributed by atoms with van der Waals surface area (Å²) >= 11 is 0. The van der Waals surface area contributed by atoms with Gasteiger partial charge in [0.05, 0.1) is 12.7 Å². The van der Waals surface area contributed by atoms with Crippen LogP contribution in [0.4, 0.5) is 0 Å². The molecule has 0 heterocycles. The van der Waals surface area contributed by atoms with Crippen LogP contribution in [-0.2, 0) is 4.74 Å². The molecular formula is C15H23NO2. The predicted octanol–water partition coefficient (Wildman–Crippen LogP) is 2.91. The highest BCUT2D eigenvalue weighted by Gasteiger charge is 2.39. The van der Waals surface area contributed by atoms with Crippen LogP contribution in [0, 0.1) is 0 Å². The van der Waals surface area contributed by atoms with E-state index in [2.05, 4.69) is 17.4 Å². The molecule has 0 spiro atoms. The largest absolute Gasteiger partial charge is 0.497 e. The van der Waals surface area contributed by atoms with Gasteiger partial charge in [-0.2, -0.15) is 0 Å². The zero-order valence-corrected chi connectivity index (χ0v) is 11.5. The molecule has 0 amide bonds. The van der Waals surface area contributed by atoms with E-state index in [0.717, 1.165) is 12.2 Å². The summed E-state index contributed by atoms with van der Waals surface area (Å²) in [5.74, 6) is 0.910. The van der Waals surface area contributed by atoms with E-state index in [4.69, 9.17) is 9.47 Å². The fraction of sp³-hybridized carbons (Fsp3) is 0.600. The number of rotatable bonds is 6. The van der Waals surface area contributed by atoms with Crippen molar-refractivity contribution < 1.29 is 9.47 Å². The predicted molar refractivity (Wildman–Crippen MR) is 73.0 cm³/mol. The molecule has 0 aliphatic heterocycles. The zero-order chi connectivity index (χ0) is 13.0. The maximum Gasteiger partial charge on any atom is 0.119 e. The lowest BCUT2D eigenvalue weighted by Gasteiger charge is -2.43. The molecule has 1 fully saturated rings. The number of ether oxygens (including phenoxy) is 2. The summed E-state index contributed by atoms with van der Waals surface area (Å²) in [6.07, 6.45) is 4.65. The second-order valence-electron chi connectivity index (χ2n) is 5.06. The minimum absolute atomic E-state index is 0.0801. The Morgan fingerprint density at radius 2 is 2.11 bits per heavy atom. The van der Waals surface area contributed by atoms with E-state index in [-0.39, 0.29) is 5.60 Å². The van der Waals surface area contributed by atoms with Crippen molar-refractivity contribution in [1.82, 2.24) is 5.32 Å². The van der Waals surface area contributed by atoms with E-state index in [1.165, 1.54) is 24.8 Å². The molecule has 1 atom stereocenters. The van der Waals surface area contributed by atoms with Crippen molar-refractivity contribution in [3.05, 3.63) is 29.8 Å². The van der Waals surface area contributed by atoms with Crippen molar-refractivity contribution >= 4 is 0 Å². The van der Waals surface area contributed by atoms with E-state index in [1.807, 2.05) is 26.3 Å². The van der Waals surface area contributed by atoms with Crippen LogP contribution in [0.1, 0.15) is 37.3 Å². The number of hydrogen-bond acceptors (Lipinski definition) is 3. The normalized spacial score (nSPS) is 19.1. The lowest BCUT2D eigenvalue weighted by molar-refractivity contribution is -0.0834. The average Bonchev–Trinajstić information content (AvgIpc) is 2.38. The summed E-state index contributed by atoms with van der Waals surface area (Å²) in [7, 11) is 5.54. The molecule has 0 radical (unpaired) electrons. The van der Waals surface area contributed by atoms with Gasteiger partial charge in [-0.05, 0) is 50.4 Å². The lowest BCUT2D eigenvalue weighted by Crippen LogP contribution is -2.42. The fourth-order valence-corrected chi connectivity index (χ4v) is 2.68. The standard InChI is InChI=1S/C15H23NO2/c1-16-14(11-15(18-3)8-5-9-15)12-6-4-7-13(10-12)17-2/h4,6-7,10,14,16H,5,8-9,11H2,1-3H3. The smallest absolute Gasteiger partial charge is 0.119 e. The van der Waals surface area contributed by atoms with Crippen molar-refractivity contribution in [2.75, 3.05) is 21.3 Å². The molecule has 2 rings (SSSR count).